The van der Waals surface area contributed by atoms with Gasteiger partial charge in [-0.3, -0.25) is 4.79 Å². The maximum Gasteiger partial charge on any atom is 0.271 e. The van der Waals surface area contributed by atoms with Crippen molar-refractivity contribution >= 4 is 18.3 Å². The molecule has 30 heavy (non-hydrogen) atoms. The Morgan fingerprint density at radius 1 is 1.00 bits per heavy atom. The standard InChI is InChI=1S/C22H26N4O3.ClH/c1-28-15-14-23-12-13-24-22(27)20-16-21(17-8-10-19(29-2)11-9-17)26(25-20)18-6-4-3-5-7-18;/h3-11,16,23H,12-15H2,1-2H3,(H,24,27);1H. The van der Waals surface area contributed by atoms with E-state index in [1.165, 1.54) is 0 Å². The van der Waals surface area contributed by atoms with Gasteiger partial charge in [-0.25, -0.2) is 4.68 Å². The average Bonchev–Trinajstić information content (AvgIpc) is 3.22. The number of rotatable bonds is 10. The zero-order valence-corrected chi connectivity index (χ0v) is 17.9. The zero-order chi connectivity index (χ0) is 20.5. The summed E-state index contributed by atoms with van der Waals surface area (Å²) in [7, 11) is 3.29. The van der Waals surface area contributed by atoms with Gasteiger partial charge < -0.3 is 20.1 Å². The molecule has 0 aliphatic rings. The lowest BCUT2D eigenvalue weighted by Crippen LogP contribution is -2.33. The molecule has 0 radical (unpaired) electrons. The molecule has 0 bridgehead atoms. The highest BCUT2D eigenvalue weighted by atomic mass is 35.5. The van der Waals surface area contributed by atoms with Crippen molar-refractivity contribution in [2.24, 2.45) is 0 Å². The Labute approximate surface area is 182 Å². The van der Waals surface area contributed by atoms with Crippen molar-refractivity contribution in [2.75, 3.05) is 40.5 Å². The monoisotopic (exact) mass is 430 g/mol. The molecule has 2 aromatic carbocycles. The maximum absolute atomic E-state index is 12.6. The van der Waals surface area contributed by atoms with Crippen molar-refractivity contribution in [1.29, 1.82) is 0 Å². The summed E-state index contributed by atoms with van der Waals surface area (Å²) in [5.41, 5.74) is 3.04. The molecule has 0 atom stereocenters. The summed E-state index contributed by atoms with van der Waals surface area (Å²) in [6, 6.07) is 19.3. The van der Waals surface area contributed by atoms with E-state index in [4.69, 9.17) is 9.47 Å². The second-order valence-corrected chi connectivity index (χ2v) is 6.39. The molecule has 0 saturated carbocycles. The quantitative estimate of drug-likeness (QED) is 0.483. The zero-order valence-electron chi connectivity index (χ0n) is 17.1. The van der Waals surface area contributed by atoms with Gasteiger partial charge in [-0.05, 0) is 42.5 Å². The molecule has 3 rings (SSSR count). The summed E-state index contributed by atoms with van der Waals surface area (Å²) in [5, 5.41) is 10.7. The van der Waals surface area contributed by atoms with Crippen LogP contribution in [-0.2, 0) is 4.74 Å². The number of methoxy groups -OCH3 is 2. The van der Waals surface area contributed by atoms with Gasteiger partial charge in [-0.15, -0.1) is 12.4 Å². The van der Waals surface area contributed by atoms with Crippen molar-refractivity contribution in [3.05, 3.63) is 66.4 Å². The van der Waals surface area contributed by atoms with Crippen LogP contribution in [0.4, 0.5) is 0 Å². The molecular weight excluding hydrogens is 404 g/mol. The topological polar surface area (TPSA) is 77.4 Å². The fourth-order valence-corrected chi connectivity index (χ4v) is 2.88. The van der Waals surface area contributed by atoms with Crippen molar-refractivity contribution in [1.82, 2.24) is 20.4 Å². The number of benzene rings is 2. The SMILES string of the molecule is COCCNCCNC(=O)c1cc(-c2ccc(OC)cc2)n(-c2ccccc2)n1.Cl. The minimum atomic E-state index is -0.206. The predicted octanol–water partition coefficient (Wildman–Crippen LogP) is 2.94. The first-order valence-electron chi connectivity index (χ1n) is 9.50. The third-order valence-electron chi connectivity index (χ3n) is 4.40. The number of carbonyl (C=O) groups is 1. The lowest BCUT2D eigenvalue weighted by atomic mass is 10.1. The van der Waals surface area contributed by atoms with Crippen LogP contribution in [0.25, 0.3) is 16.9 Å². The second-order valence-electron chi connectivity index (χ2n) is 6.39. The molecule has 1 heterocycles. The molecular formula is C22H27ClN4O3. The molecule has 0 aliphatic heterocycles. The molecule has 3 aromatic rings. The predicted molar refractivity (Wildman–Crippen MR) is 120 cm³/mol. The van der Waals surface area contributed by atoms with Gasteiger partial charge in [0.2, 0.25) is 0 Å². The number of hydrogen-bond acceptors (Lipinski definition) is 5. The number of nitrogens with zero attached hydrogens (tertiary/aromatic N) is 2. The van der Waals surface area contributed by atoms with Crippen molar-refractivity contribution in [3.63, 3.8) is 0 Å². The van der Waals surface area contributed by atoms with Gasteiger partial charge in [-0.2, -0.15) is 5.10 Å². The Bertz CT molecular complexity index is 914. The van der Waals surface area contributed by atoms with Gasteiger partial charge in [0.15, 0.2) is 5.69 Å². The van der Waals surface area contributed by atoms with Crippen molar-refractivity contribution in [3.8, 4) is 22.7 Å². The van der Waals surface area contributed by atoms with Crippen molar-refractivity contribution in [2.45, 2.75) is 0 Å². The van der Waals surface area contributed by atoms with Crippen LogP contribution in [0.2, 0.25) is 0 Å². The number of amides is 1. The Kier molecular flexibility index (Phi) is 9.34. The first kappa shape index (κ1) is 23.4. The molecule has 8 heteroatoms. The number of nitrogens with one attached hydrogen (secondary N) is 2. The summed E-state index contributed by atoms with van der Waals surface area (Å²) < 4.78 is 12.0. The second kappa shape index (κ2) is 12.0. The number of carbonyl (C=O) groups excluding carboxylic acids is 1. The van der Waals surface area contributed by atoms with E-state index in [0.29, 0.717) is 25.4 Å². The summed E-state index contributed by atoms with van der Waals surface area (Å²) in [4.78, 5) is 12.6. The molecule has 1 aromatic heterocycles. The first-order chi connectivity index (χ1) is 14.2. The largest absolute Gasteiger partial charge is 0.497 e. The lowest BCUT2D eigenvalue weighted by Gasteiger charge is -2.08. The Hall–Kier alpha value is -2.87. The van der Waals surface area contributed by atoms with E-state index in [9.17, 15) is 4.79 Å². The van der Waals surface area contributed by atoms with Crippen LogP contribution in [-0.4, -0.2) is 56.1 Å². The summed E-state index contributed by atoms with van der Waals surface area (Å²) in [5.74, 6) is 0.571. The molecule has 0 unspecified atom stereocenters. The van der Waals surface area contributed by atoms with E-state index in [0.717, 1.165) is 29.2 Å². The van der Waals surface area contributed by atoms with E-state index in [1.54, 1.807) is 18.9 Å². The molecule has 2 N–H and O–H groups in total. The Morgan fingerprint density at radius 3 is 2.40 bits per heavy atom. The minimum Gasteiger partial charge on any atom is -0.497 e. The minimum absolute atomic E-state index is 0. The molecule has 0 aliphatic carbocycles. The molecule has 0 fully saturated rings. The van der Waals surface area contributed by atoms with Gasteiger partial charge in [0.1, 0.15) is 5.75 Å². The van der Waals surface area contributed by atoms with E-state index in [1.807, 2.05) is 60.7 Å². The summed E-state index contributed by atoms with van der Waals surface area (Å²) in [6.45, 7) is 2.57. The summed E-state index contributed by atoms with van der Waals surface area (Å²) >= 11 is 0. The highest BCUT2D eigenvalue weighted by Gasteiger charge is 2.16. The average molecular weight is 431 g/mol. The van der Waals surface area contributed by atoms with Crippen LogP contribution < -0.4 is 15.4 Å². The molecule has 0 saturated heterocycles. The lowest BCUT2D eigenvalue weighted by molar-refractivity contribution is 0.0948. The van der Waals surface area contributed by atoms with Crippen molar-refractivity contribution < 1.29 is 14.3 Å². The number of hydrogen-bond donors (Lipinski definition) is 2. The fourth-order valence-electron chi connectivity index (χ4n) is 2.88. The smallest absolute Gasteiger partial charge is 0.271 e. The highest BCUT2D eigenvalue weighted by Crippen LogP contribution is 2.26. The fraction of sp³-hybridized carbons (Fsp3) is 0.273. The normalized spacial score (nSPS) is 10.3. The molecule has 160 valence electrons. The van der Waals surface area contributed by atoms with Crippen LogP contribution in [0.1, 0.15) is 10.5 Å². The van der Waals surface area contributed by atoms with Crippen LogP contribution in [0.5, 0.6) is 5.75 Å². The summed E-state index contributed by atoms with van der Waals surface area (Å²) in [6.07, 6.45) is 0. The van der Waals surface area contributed by atoms with E-state index >= 15 is 0 Å². The van der Waals surface area contributed by atoms with Crippen LogP contribution >= 0.6 is 12.4 Å². The molecule has 7 nitrogen and oxygen atoms in total. The van der Waals surface area contributed by atoms with Crippen LogP contribution in [0.3, 0.4) is 0 Å². The Morgan fingerprint density at radius 2 is 1.73 bits per heavy atom. The van der Waals surface area contributed by atoms with Gasteiger partial charge >= 0.3 is 0 Å². The number of para-hydroxylation sites is 1. The van der Waals surface area contributed by atoms with Gasteiger partial charge in [0, 0.05) is 32.3 Å². The van der Waals surface area contributed by atoms with E-state index in [2.05, 4.69) is 15.7 Å². The molecule has 0 spiro atoms. The van der Waals surface area contributed by atoms with Crippen LogP contribution in [0, 0.1) is 0 Å². The van der Waals surface area contributed by atoms with Gasteiger partial charge in [-0.1, -0.05) is 18.2 Å². The number of ether oxygens (including phenoxy) is 2. The molecule has 1 amide bonds. The van der Waals surface area contributed by atoms with E-state index < -0.39 is 0 Å². The van der Waals surface area contributed by atoms with Gasteiger partial charge in [0.25, 0.3) is 5.91 Å². The number of aromatic nitrogens is 2. The highest BCUT2D eigenvalue weighted by molar-refractivity contribution is 5.93. The maximum atomic E-state index is 12.6. The first-order valence-corrected chi connectivity index (χ1v) is 9.50. The third-order valence-corrected chi connectivity index (χ3v) is 4.40. The Balaban J connectivity index is 0.00000320. The van der Waals surface area contributed by atoms with Gasteiger partial charge in [0.05, 0.1) is 25.1 Å². The number of halogens is 1. The van der Waals surface area contributed by atoms with Crippen LogP contribution in [0.15, 0.2) is 60.7 Å². The third kappa shape index (κ3) is 6.06. The van der Waals surface area contributed by atoms with E-state index in [-0.39, 0.29) is 18.3 Å².